The Kier molecular flexibility index (Phi) is 16.0. The van der Waals surface area contributed by atoms with E-state index < -0.39 is 42.4 Å². The Balaban J connectivity index is 2.44. The lowest BCUT2D eigenvalue weighted by Crippen LogP contribution is -2.30. The van der Waals surface area contributed by atoms with E-state index in [-0.39, 0.29) is 24.8 Å². The van der Waals surface area contributed by atoms with Crippen molar-refractivity contribution in [2.24, 2.45) is 0 Å². The van der Waals surface area contributed by atoms with Crippen LogP contribution in [0.1, 0.15) is 75.1 Å². The highest BCUT2D eigenvalue weighted by atomic mass is 127. The predicted molar refractivity (Wildman–Crippen MR) is 157 cm³/mol. The second-order valence-corrected chi connectivity index (χ2v) is 12.0. The quantitative estimate of drug-likeness (QED) is 0.125. The summed E-state index contributed by atoms with van der Waals surface area (Å²) < 4.78 is 1.55. The highest BCUT2D eigenvalue weighted by Gasteiger charge is 2.23. The van der Waals surface area contributed by atoms with Crippen molar-refractivity contribution in [3.63, 3.8) is 0 Å². The van der Waals surface area contributed by atoms with Crippen molar-refractivity contribution in [1.29, 1.82) is 0 Å². The molecule has 0 spiro atoms. The van der Waals surface area contributed by atoms with Crippen molar-refractivity contribution in [3.8, 4) is 0 Å². The van der Waals surface area contributed by atoms with Crippen LogP contribution in [0, 0.1) is 10.7 Å². The van der Waals surface area contributed by atoms with Crippen molar-refractivity contribution in [3.05, 3.63) is 22.3 Å². The number of aliphatic hydroxyl groups is 5. The molecule has 0 aromatic heterocycles. The molecule has 7 N–H and O–H groups in total. The molecule has 200 valence electrons. The van der Waals surface area contributed by atoms with E-state index in [4.69, 9.17) is 0 Å². The van der Waals surface area contributed by atoms with E-state index in [1.807, 2.05) is 74.7 Å². The van der Waals surface area contributed by atoms with Gasteiger partial charge in [-0.3, -0.25) is 4.79 Å². The first kappa shape index (κ1) is 33.2. The Morgan fingerprint density at radius 3 is 1.63 bits per heavy atom. The average Bonchev–Trinajstić information content (AvgIpc) is 2.79. The van der Waals surface area contributed by atoms with Gasteiger partial charge in [-0.1, -0.05) is 6.92 Å². The van der Waals surface area contributed by atoms with Crippen LogP contribution in [0.4, 0.5) is 5.69 Å². The van der Waals surface area contributed by atoms with Gasteiger partial charge >= 0.3 is 5.97 Å². The number of hydrogen-bond acceptors (Lipinski definition) is 7. The van der Waals surface area contributed by atoms with E-state index in [0.29, 0.717) is 54.9 Å². The topological polar surface area (TPSA) is 168 Å². The Labute approximate surface area is 246 Å². The van der Waals surface area contributed by atoms with Crippen LogP contribution in [-0.4, -0.2) is 73.0 Å². The number of nitrogens with one attached hydrogen (secondary N) is 1. The predicted octanol–water partition coefficient (Wildman–Crippen LogP) is 3.47. The van der Waals surface area contributed by atoms with E-state index in [1.54, 1.807) is 6.07 Å². The Morgan fingerprint density at radius 1 is 0.771 bits per heavy atom. The smallest absolute Gasteiger partial charge is 0.337 e. The van der Waals surface area contributed by atoms with Gasteiger partial charge in [0.2, 0.25) is 0 Å². The van der Waals surface area contributed by atoms with Crippen molar-refractivity contribution in [1.82, 2.24) is 0 Å². The number of aromatic carboxylic acids is 1. The lowest BCUT2D eigenvalue weighted by Gasteiger charge is -2.18. The molecule has 1 amide bonds. The number of carbonyl (C=O) groups is 2. The van der Waals surface area contributed by atoms with Crippen LogP contribution >= 0.6 is 67.8 Å². The Morgan fingerprint density at radius 2 is 1.20 bits per heavy atom. The van der Waals surface area contributed by atoms with Gasteiger partial charge in [0.15, 0.2) is 0 Å². The largest absolute Gasteiger partial charge is 0.478 e. The molecule has 12 heteroatoms. The Bertz CT molecular complexity index is 841. The second-order valence-electron chi connectivity index (χ2n) is 8.55. The summed E-state index contributed by atoms with van der Waals surface area (Å²) in [7, 11) is 0. The summed E-state index contributed by atoms with van der Waals surface area (Å²) in [5, 5.41) is 62.0. The van der Waals surface area contributed by atoms with Crippen LogP contribution in [0.5, 0.6) is 0 Å². The number of carbonyl (C=O) groups excluding carboxylic acids is 1. The SMILES string of the molecule is CCC(O)CCC(O)CCC(O)CCC(O)CCC(O)C(=O)Nc1c(I)cc(I)c(C(=O)O)c1I. The third-order valence-corrected chi connectivity index (χ3v) is 8.46. The van der Waals surface area contributed by atoms with E-state index in [0.717, 1.165) is 0 Å². The zero-order valence-corrected chi connectivity index (χ0v) is 25.9. The van der Waals surface area contributed by atoms with Gasteiger partial charge in [0, 0.05) is 7.14 Å². The second kappa shape index (κ2) is 16.9. The van der Waals surface area contributed by atoms with Crippen LogP contribution < -0.4 is 5.32 Å². The van der Waals surface area contributed by atoms with Gasteiger partial charge in [-0.25, -0.2) is 4.79 Å². The number of benzene rings is 1. The first-order chi connectivity index (χ1) is 16.4. The average molecular weight is 833 g/mol. The van der Waals surface area contributed by atoms with Crippen molar-refractivity contribution in [2.75, 3.05) is 5.32 Å². The minimum absolute atomic E-state index is 0.00484. The highest BCUT2D eigenvalue weighted by Crippen LogP contribution is 2.32. The van der Waals surface area contributed by atoms with Gasteiger partial charge in [-0.05, 0) is 132 Å². The number of amides is 1. The maximum Gasteiger partial charge on any atom is 0.337 e. The van der Waals surface area contributed by atoms with Gasteiger partial charge in [0.05, 0.1) is 39.2 Å². The lowest BCUT2D eigenvalue weighted by atomic mass is 9.99. The number of anilines is 1. The first-order valence-electron chi connectivity index (χ1n) is 11.5. The fourth-order valence-corrected chi connectivity index (χ4v) is 7.48. The van der Waals surface area contributed by atoms with Crippen molar-refractivity contribution >= 4 is 85.3 Å². The summed E-state index contributed by atoms with van der Waals surface area (Å²) in [4.78, 5) is 24.0. The molecule has 0 saturated heterocycles. The number of aliphatic hydroxyl groups excluding tert-OH is 5. The maximum atomic E-state index is 12.4. The molecule has 9 nitrogen and oxygen atoms in total. The summed E-state index contributed by atoms with van der Waals surface area (Å²) in [6.45, 7) is 1.87. The fraction of sp³-hybridized carbons (Fsp3) is 0.652. The molecule has 0 aliphatic carbocycles. The standard InChI is InChI=1S/C23H34I3NO8/c1-2-12(28)3-4-13(29)5-6-14(30)7-8-15(31)9-10-18(32)22(33)27-21-17(25)11-16(24)19(20(21)26)23(34)35/h11-15,18,28-32H,2-10H2,1H3,(H,27,33)(H,34,35). The van der Waals surface area contributed by atoms with E-state index in [9.17, 15) is 40.2 Å². The normalized spacial score (nSPS) is 15.8. The molecule has 0 heterocycles. The summed E-state index contributed by atoms with van der Waals surface area (Å²) in [5.74, 6) is -1.80. The number of halogens is 3. The van der Waals surface area contributed by atoms with Crippen LogP contribution in [0.25, 0.3) is 0 Å². The number of carboxylic acids is 1. The molecule has 1 aromatic rings. The molecule has 0 aliphatic rings. The number of hydrogen-bond donors (Lipinski definition) is 7. The highest BCUT2D eigenvalue weighted by molar-refractivity contribution is 14.1. The van der Waals surface area contributed by atoms with Crippen LogP contribution in [0.3, 0.4) is 0 Å². The van der Waals surface area contributed by atoms with Gasteiger partial charge in [-0.2, -0.15) is 0 Å². The third-order valence-electron chi connectivity index (χ3n) is 5.68. The number of carboxylic acid groups (broad SMARTS) is 1. The molecule has 5 unspecified atom stereocenters. The zero-order chi connectivity index (χ0) is 26.7. The van der Waals surface area contributed by atoms with Crippen LogP contribution in [0.2, 0.25) is 0 Å². The Hall–Kier alpha value is 0.150. The molecule has 0 aliphatic heterocycles. The van der Waals surface area contributed by atoms with Crippen molar-refractivity contribution < 1.29 is 40.2 Å². The molecule has 5 atom stereocenters. The lowest BCUT2D eigenvalue weighted by molar-refractivity contribution is -0.124. The van der Waals surface area contributed by atoms with Crippen LogP contribution in [-0.2, 0) is 4.79 Å². The maximum absolute atomic E-state index is 12.4. The summed E-state index contributed by atoms with van der Waals surface area (Å²) >= 11 is 5.76. The third kappa shape index (κ3) is 12.0. The molecular weight excluding hydrogens is 799 g/mol. The molecular formula is C23H34I3NO8. The fourth-order valence-electron chi connectivity index (χ4n) is 3.38. The summed E-state index contributed by atoms with van der Waals surface area (Å²) in [5.41, 5.74) is 0.402. The molecule has 0 radical (unpaired) electrons. The van der Waals surface area contributed by atoms with E-state index >= 15 is 0 Å². The van der Waals surface area contributed by atoms with Crippen molar-refractivity contribution in [2.45, 2.75) is 95.2 Å². The van der Waals surface area contributed by atoms with Gasteiger partial charge < -0.3 is 36.0 Å². The van der Waals surface area contributed by atoms with Gasteiger partial charge in [0.1, 0.15) is 6.10 Å². The molecule has 0 bridgehead atoms. The van der Waals surface area contributed by atoms with Crippen LogP contribution in [0.15, 0.2) is 6.07 Å². The number of rotatable bonds is 16. The molecule has 1 rings (SSSR count). The molecule has 35 heavy (non-hydrogen) atoms. The summed E-state index contributed by atoms with van der Waals surface area (Å²) in [6, 6.07) is 1.64. The van der Waals surface area contributed by atoms with E-state index in [1.165, 1.54) is 0 Å². The molecule has 1 aromatic carbocycles. The summed E-state index contributed by atoms with van der Waals surface area (Å²) in [6.07, 6.45) is -0.701. The zero-order valence-electron chi connectivity index (χ0n) is 19.5. The van der Waals surface area contributed by atoms with Gasteiger partial charge in [-0.15, -0.1) is 0 Å². The molecule has 0 fully saturated rings. The minimum atomic E-state index is -1.39. The molecule has 0 saturated carbocycles. The first-order valence-corrected chi connectivity index (χ1v) is 14.7. The van der Waals surface area contributed by atoms with E-state index in [2.05, 4.69) is 5.32 Å². The van der Waals surface area contributed by atoms with Gasteiger partial charge in [0.25, 0.3) is 5.91 Å². The minimum Gasteiger partial charge on any atom is -0.478 e. The monoisotopic (exact) mass is 833 g/mol.